The summed E-state index contributed by atoms with van der Waals surface area (Å²) in [4.78, 5) is 10.8. The molecule has 0 radical (unpaired) electrons. The van der Waals surface area contributed by atoms with Crippen LogP contribution in [0, 0.1) is 0 Å². The van der Waals surface area contributed by atoms with Crippen molar-refractivity contribution >= 4 is 26.9 Å². The summed E-state index contributed by atoms with van der Waals surface area (Å²) < 4.78 is 25.9. The third-order valence-corrected chi connectivity index (χ3v) is 1.70. The molecule has 0 saturated heterocycles. The van der Waals surface area contributed by atoms with E-state index in [1.165, 1.54) is 0 Å². The lowest BCUT2D eigenvalue weighted by atomic mass is 10.2. The van der Waals surface area contributed by atoms with Crippen LogP contribution in [-0.2, 0) is 10.1 Å². The summed E-state index contributed by atoms with van der Waals surface area (Å²) in [5.41, 5.74) is 6.22. The Kier molecular flexibility index (Phi) is 3.81. The molecule has 1 aromatic heterocycles. The lowest BCUT2D eigenvalue weighted by molar-refractivity contribution is 0.0997. The molecule has 92 valence electrons. The summed E-state index contributed by atoms with van der Waals surface area (Å²) in [6.45, 7) is 0. The smallest absolute Gasteiger partial charge is 0.269 e. The zero-order valence-electron chi connectivity index (χ0n) is 8.91. The highest BCUT2D eigenvalue weighted by molar-refractivity contribution is 7.85. The van der Waals surface area contributed by atoms with E-state index in [-0.39, 0.29) is 0 Å². The van der Waals surface area contributed by atoms with Gasteiger partial charge in [-0.1, -0.05) is 18.2 Å². The minimum Gasteiger partial charge on any atom is -0.364 e. The van der Waals surface area contributed by atoms with Crippen molar-refractivity contribution in [3.05, 3.63) is 30.0 Å². The van der Waals surface area contributed by atoms with Crippen LogP contribution in [0.5, 0.6) is 0 Å². The zero-order chi connectivity index (χ0) is 13.1. The van der Waals surface area contributed by atoms with E-state index in [4.69, 9.17) is 10.3 Å². The van der Waals surface area contributed by atoms with Gasteiger partial charge in [-0.25, -0.2) is 0 Å². The summed E-state index contributed by atoms with van der Waals surface area (Å²) in [5.74, 6) is -0.507. The molecule has 0 atom stereocenters. The Labute approximate surface area is 97.4 Å². The number of carbonyl (C=O) groups excluding carboxylic acids is 1. The molecule has 8 heteroatoms. The first-order valence-corrected chi connectivity index (χ1v) is 6.29. The van der Waals surface area contributed by atoms with E-state index in [9.17, 15) is 13.2 Å². The van der Waals surface area contributed by atoms with Crippen LogP contribution in [0.4, 0.5) is 0 Å². The van der Waals surface area contributed by atoms with E-state index in [0.29, 0.717) is 11.9 Å². The number of fused-ring (bicyclic) bond motifs is 1. The molecular weight excluding hydrogens is 246 g/mol. The van der Waals surface area contributed by atoms with E-state index in [1.807, 2.05) is 18.2 Å². The minimum atomic E-state index is -3.67. The number of nitrogens with zero attached hydrogens (tertiary/aromatic N) is 1. The molecule has 17 heavy (non-hydrogen) atoms. The zero-order valence-corrected chi connectivity index (χ0v) is 9.73. The molecule has 1 heterocycles. The lowest BCUT2D eigenvalue weighted by Crippen LogP contribution is -2.11. The standard InChI is InChI=1S/C8H7N3O.CH4O3S/c9-8(12)7-5-3-1-2-4-6(5)10-11-7;1-5(2,3)4/h1-4H,(H2,9,12)(H,10,11);1H3,(H,2,3,4). The second-order valence-corrected chi connectivity index (χ2v) is 4.68. The number of H-pyrrole nitrogens is 1. The number of carbonyl (C=O) groups is 1. The fourth-order valence-corrected chi connectivity index (χ4v) is 1.15. The molecule has 1 aromatic carbocycles. The third kappa shape index (κ3) is 4.21. The van der Waals surface area contributed by atoms with Crippen LogP contribution in [0.1, 0.15) is 10.5 Å². The molecule has 0 aliphatic rings. The van der Waals surface area contributed by atoms with Gasteiger partial charge in [0.05, 0.1) is 11.8 Å². The number of rotatable bonds is 1. The van der Waals surface area contributed by atoms with Gasteiger partial charge in [0.15, 0.2) is 5.69 Å². The molecule has 0 unspecified atom stereocenters. The molecule has 2 rings (SSSR count). The van der Waals surface area contributed by atoms with E-state index in [0.717, 1.165) is 10.9 Å². The molecule has 0 fully saturated rings. The van der Waals surface area contributed by atoms with E-state index < -0.39 is 16.0 Å². The number of primary amides is 1. The molecule has 0 aliphatic carbocycles. The predicted octanol–water partition coefficient (Wildman–Crippen LogP) is 0.166. The number of benzene rings is 1. The Morgan fingerprint density at radius 1 is 1.41 bits per heavy atom. The van der Waals surface area contributed by atoms with Gasteiger partial charge in [-0.15, -0.1) is 0 Å². The summed E-state index contributed by atoms with van der Waals surface area (Å²) in [6, 6.07) is 7.35. The Morgan fingerprint density at radius 3 is 2.47 bits per heavy atom. The topological polar surface area (TPSA) is 126 Å². The van der Waals surface area contributed by atoms with Crippen molar-refractivity contribution in [2.24, 2.45) is 5.73 Å². The van der Waals surface area contributed by atoms with Gasteiger partial charge in [-0.3, -0.25) is 14.4 Å². The van der Waals surface area contributed by atoms with Gasteiger partial charge in [0.1, 0.15) is 0 Å². The molecule has 0 spiro atoms. The lowest BCUT2D eigenvalue weighted by Gasteiger charge is -1.88. The van der Waals surface area contributed by atoms with Gasteiger partial charge < -0.3 is 5.73 Å². The maximum absolute atomic E-state index is 10.8. The highest BCUT2D eigenvalue weighted by Gasteiger charge is 2.08. The monoisotopic (exact) mass is 257 g/mol. The van der Waals surface area contributed by atoms with Gasteiger partial charge in [0.25, 0.3) is 16.0 Å². The highest BCUT2D eigenvalue weighted by Crippen LogP contribution is 2.13. The first-order valence-electron chi connectivity index (χ1n) is 4.44. The molecule has 0 bridgehead atoms. The first kappa shape index (κ1) is 13.1. The maximum atomic E-state index is 10.8. The third-order valence-electron chi connectivity index (χ3n) is 1.70. The van der Waals surface area contributed by atoms with Crippen LogP contribution < -0.4 is 5.73 Å². The van der Waals surface area contributed by atoms with Gasteiger partial charge in [-0.05, 0) is 6.07 Å². The minimum absolute atomic E-state index is 0.297. The molecule has 4 N–H and O–H groups in total. The van der Waals surface area contributed by atoms with Gasteiger partial charge in [0, 0.05) is 5.39 Å². The van der Waals surface area contributed by atoms with Crippen molar-refractivity contribution in [3.8, 4) is 0 Å². The fourth-order valence-electron chi connectivity index (χ4n) is 1.15. The second-order valence-electron chi connectivity index (χ2n) is 3.22. The van der Waals surface area contributed by atoms with Crippen molar-refractivity contribution in [3.63, 3.8) is 0 Å². The Hall–Kier alpha value is -1.93. The fraction of sp³-hybridized carbons (Fsp3) is 0.111. The van der Waals surface area contributed by atoms with Crippen molar-refractivity contribution in [1.82, 2.24) is 10.2 Å². The van der Waals surface area contributed by atoms with Crippen LogP contribution in [-0.4, -0.2) is 35.3 Å². The van der Waals surface area contributed by atoms with Crippen molar-refractivity contribution in [1.29, 1.82) is 0 Å². The number of aromatic amines is 1. The van der Waals surface area contributed by atoms with Crippen LogP contribution in [0.3, 0.4) is 0 Å². The Bertz CT molecular complexity index is 624. The summed E-state index contributed by atoms with van der Waals surface area (Å²) in [6.07, 6.45) is 0.715. The SMILES string of the molecule is CS(=O)(=O)O.NC(=O)c1n[nH]c2ccccc12. The Balaban J connectivity index is 0.000000249. The molecule has 2 aromatic rings. The molecule has 0 saturated carbocycles. The molecular formula is C9H11N3O4S. The normalized spacial score (nSPS) is 10.7. The average molecular weight is 257 g/mol. The van der Waals surface area contributed by atoms with Gasteiger partial charge in [-0.2, -0.15) is 13.5 Å². The van der Waals surface area contributed by atoms with Crippen molar-refractivity contribution in [2.45, 2.75) is 0 Å². The van der Waals surface area contributed by atoms with Crippen LogP contribution in [0.15, 0.2) is 24.3 Å². The number of aromatic nitrogens is 2. The number of hydrogen-bond acceptors (Lipinski definition) is 4. The summed E-state index contributed by atoms with van der Waals surface area (Å²) in [5, 5.41) is 7.28. The van der Waals surface area contributed by atoms with Crippen molar-refractivity contribution < 1.29 is 17.8 Å². The van der Waals surface area contributed by atoms with E-state index in [2.05, 4.69) is 10.2 Å². The number of para-hydroxylation sites is 1. The van der Waals surface area contributed by atoms with Gasteiger partial charge in [0.2, 0.25) is 0 Å². The van der Waals surface area contributed by atoms with Crippen LogP contribution in [0.2, 0.25) is 0 Å². The number of hydrogen-bond donors (Lipinski definition) is 3. The summed E-state index contributed by atoms with van der Waals surface area (Å²) >= 11 is 0. The number of nitrogens with two attached hydrogens (primary N) is 1. The van der Waals surface area contributed by atoms with E-state index >= 15 is 0 Å². The number of nitrogens with one attached hydrogen (secondary N) is 1. The first-order chi connectivity index (χ1) is 7.79. The second kappa shape index (κ2) is 4.93. The van der Waals surface area contributed by atoms with E-state index in [1.54, 1.807) is 6.07 Å². The largest absolute Gasteiger partial charge is 0.364 e. The molecule has 7 nitrogen and oxygen atoms in total. The number of amides is 1. The highest BCUT2D eigenvalue weighted by atomic mass is 32.2. The molecule has 0 aliphatic heterocycles. The average Bonchev–Trinajstić information content (AvgIpc) is 2.58. The quantitative estimate of drug-likeness (QED) is 0.627. The predicted molar refractivity (Wildman–Crippen MR) is 62.1 cm³/mol. The Morgan fingerprint density at radius 2 is 1.94 bits per heavy atom. The summed E-state index contributed by atoms with van der Waals surface area (Å²) in [7, 11) is -3.67. The van der Waals surface area contributed by atoms with Gasteiger partial charge >= 0.3 is 0 Å². The van der Waals surface area contributed by atoms with Crippen LogP contribution >= 0.6 is 0 Å². The molecule has 1 amide bonds. The van der Waals surface area contributed by atoms with Crippen LogP contribution in [0.25, 0.3) is 10.9 Å². The maximum Gasteiger partial charge on any atom is 0.269 e. The van der Waals surface area contributed by atoms with Crippen molar-refractivity contribution in [2.75, 3.05) is 6.26 Å².